The largest absolute Gasteiger partial charge is 0.371 e. The van der Waals surface area contributed by atoms with Gasteiger partial charge in [0.25, 0.3) is 0 Å². The molecule has 0 aliphatic heterocycles. The average Bonchev–Trinajstić information content (AvgIpc) is 3.18. The Morgan fingerprint density at radius 3 is 2.68 bits per heavy atom. The fraction of sp³-hybridized carbons (Fsp3) is 0.625. The second-order valence-electron chi connectivity index (χ2n) is 5.86. The highest BCUT2D eigenvalue weighted by Gasteiger charge is 2.21. The van der Waals surface area contributed by atoms with Gasteiger partial charge in [-0.25, -0.2) is 0 Å². The highest BCUT2D eigenvalue weighted by atomic mass is 35.5. The zero-order valence-electron chi connectivity index (χ0n) is 12.2. The van der Waals surface area contributed by atoms with Crippen molar-refractivity contribution >= 4 is 17.3 Å². The Balaban J connectivity index is 2.15. The molecule has 0 unspecified atom stereocenters. The van der Waals surface area contributed by atoms with E-state index in [1.54, 1.807) is 0 Å². The standard InChI is InChI=1S/C16H25ClN2/c1-4-19(11-12(2)3)16-9-14(17)6-5-13(16)10-18-15-7-8-15/h5-6,9,12,15,18H,4,7-8,10-11H2,1-3H3. The topological polar surface area (TPSA) is 15.3 Å². The predicted octanol–water partition coefficient (Wildman–Crippen LogP) is 4.07. The smallest absolute Gasteiger partial charge is 0.0426 e. The SMILES string of the molecule is CCN(CC(C)C)c1cc(Cl)ccc1CNC1CC1. The molecule has 0 atom stereocenters. The van der Waals surface area contributed by atoms with Gasteiger partial charge in [0.15, 0.2) is 0 Å². The van der Waals surface area contributed by atoms with Gasteiger partial charge >= 0.3 is 0 Å². The van der Waals surface area contributed by atoms with E-state index in [1.807, 2.05) is 6.07 Å². The van der Waals surface area contributed by atoms with E-state index in [4.69, 9.17) is 11.6 Å². The molecule has 106 valence electrons. The first-order valence-corrected chi connectivity index (χ1v) is 7.74. The van der Waals surface area contributed by atoms with E-state index in [0.29, 0.717) is 5.92 Å². The van der Waals surface area contributed by atoms with Crippen LogP contribution in [-0.4, -0.2) is 19.1 Å². The van der Waals surface area contributed by atoms with Crippen molar-refractivity contribution in [2.75, 3.05) is 18.0 Å². The van der Waals surface area contributed by atoms with E-state index in [9.17, 15) is 0 Å². The maximum absolute atomic E-state index is 6.18. The molecule has 0 saturated heterocycles. The third-order valence-corrected chi connectivity index (χ3v) is 3.75. The number of benzene rings is 1. The zero-order chi connectivity index (χ0) is 13.8. The summed E-state index contributed by atoms with van der Waals surface area (Å²) in [5.74, 6) is 0.656. The summed E-state index contributed by atoms with van der Waals surface area (Å²) in [6.45, 7) is 9.78. The Morgan fingerprint density at radius 2 is 2.11 bits per heavy atom. The van der Waals surface area contributed by atoms with Crippen LogP contribution in [0.5, 0.6) is 0 Å². The van der Waals surface area contributed by atoms with Crippen molar-refractivity contribution in [3.05, 3.63) is 28.8 Å². The third kappa shape index (κ3) is 4.39. The second-order valence-corrected chi connectivity index (χ2v) is 6.30. The van der Waals surface area contributed by atoms with Gasteiger partial charge in [0.2, 0.25) is 0 Å². The molecule has 2 rings (SSSR count). The Kier molecular flexibility index (Phi) is 5.12. The number of hydrogen-bond acceptors (Lipinski definition) is 2. The van der Waals surface area contributed by atoms with Crippen LogP contribution in [-0.2, 0) is 6.54 Å². The van der Waals surface area contributed by atoms with Crippen molar-refractivity contribution in [3.8, 4) is 0 Å². The molecule has 1 aliphatic carbocycles. The maximum atomic E-state index is 6.18. The minimum Gasteiger partial charge on any atom is -0.371 e. The van der Waals surface area contributed by atoms with Crippen molar-refractivity contribution in [2.45, 2.75) is 46.2 Å². The van der Waals surface area contributed by atoms with Crippen LogP contribution in [0.4, 0.5) is 5.69 Å². The summed E-state index contributed by atoms with van der Waals surface area (Å²) in [6, 6.07) is 7.01. The molecular formula is C16H25ClN2. The van der Waals surface area contributed by atoms with Crippen LogP contribution in [0.2, 0.25) is 5.02 Å². The maximum Gasteiger partial charge on any atom is 0.0426 e. The van der Waals surface area contributed by atoms with E-state index in [0.717, 1.165) is 30.7 Å². The summed E-state index contributed by atoms with van der Waals surface area (Å²) in [5.41, 5.74) is 2.65. The van der Waals surface area contributed by atoms with Crippen LogP contribution < -0.4 is 10.2 Å². The minimum atomic E-state index is 0.656. The van der Waals surface area contributed by atoms with Gasteiger partial charge in [-0.2, -0.15) is 0 Å². The third-order valence-electron chi connectivity index (χ3n) is 3.51. The summed E-state index contributed by atoms with van der Waals surface area (Å²) < 4.78 is 0. The van der Waals surface area contributed by atoms with Crippen molar-refractivity contribution in [3.63, 3.8) is 0 Å². The van der Waals surface area contributed by atoms with Gasteiger partial charge in [0, 0.05) is 36.4 Å². The van der Waals surface area contributed by atoms with Gasteiger partial charge < -0.3 is 10.2 Å². The van der Waals surface area contributed by atoms with Crippen molar-refractivity contribution in [1.29, 1.82) is 0 Å². The molecule has 19 heavy (non-hydrogen) atoms. The molecule has 1 aromatic carbocycles. The van der Waals surface area contributed by atoms with Crippen LogP contribution in [0.15, 0.2) is 18.2 Å². The van der Waals surface area contributed by atoms with Crippen molar-refractivity contribution in [2.24, 2.45) is 5.92 Å². The zero-order valence-corrected chi connectivity index (χ0v) is 13.0. The van der Waals surface area contributed by atoms with Crippen LogP contribution in [0.1, 0.15) is 39.2 Å². The molecule has 1 aromatic rings. The first-order chi connectivity index (χ1) is 9.10. The van der Waals surface area contributed by atoms with Gasteiger partial charge in [0.05, 0.1) is 0 Å². The van der Waals surface area contributed by atoms with Gasteiger partial charge in [0.1, 0.15) is 0 Å². The lowest BCUT2D eigenvalue weighted by Crippen LogP contribution is -2.29. The van der Waals surface area contributed by atoms with E-state index >= 15 is 0 Å². The number of hydrogen-bond donors (Lipinski definition) is 1. The highest BCUT2D eigenvalue weighted by Crippen LogP contribution is 2.27. The number of nitrogens with one attached hydrogen (secondary N) is 1. The van der Waals surface area contributed by atoms with Gasteiger partial charge in [-0.1, -0.05) is 31.5 Å². The molecule has 0 radical (unpaired) electrons. The van der Waals surface area contributed by atoms with E-state index in [1.165, 1.54) is 24.1 Å². The summed E-state index contributed by atoms with van der Waals surface area (Å²) in [4.78, 5) is 2.43. The summed E-state index contributed by atoms with van der Waals surface area (Å²) in [7, 11) is 0. The fourth-order valence-electron chi connectivity index (χ4n) is 2.36. The Labute approximate surface area is 122 Å². The first-order valence-electron chi connectivity index (χ1n) is 7.37. The highest BCUT2D eigenvalue weighted by molar-refractivity contribution is 6.30. The van der Waals surface area contributed by atoms with Gasteiger partial charge in [-0.05, 0) is 43.4 Å². The van der Waals surface area contributed by atoms with Crippen LogP contribution >= 0.6 is 11.6 Å². The Morgan fingerprint density at radius 1 is 1.37 bits per heavy atom. The van der Waals surface area contributed by atoms with E-state index in [-0.39, 0.29) is 0 Å². The fourth-order valence-corrected chi connectivity index (χ4v) is 2.53. The lowest BCUT2D eigenvalue weighted by atomic mass is 10.1. The summed E-state index contributed by atoms with van der Waals surface area (Å²) in [6.07, 6.45) is 2.65. The van der Waals surface area contributed by atoms with Gasteiger partial charge in [-0.15, -0.1) is 0 Å². The monoisotopic (exact) mass is 280 g/mol. The number of rotatable bonds is 7. The van der Waals surface area contributed by atoms with Gasteiger partial charge in [-0.3, -0.25) is 0 Å². The molecule has 1 N–H and O–H groups in total. The molecule has 0 spiro atoms. The second kappa shape index (κ2) is 6.62. The average molecular weight is 281 g/mol. The Bertz CT molecular complexity index is 413. The van der Waals surface area contributed by atoms with Crippen LogP contribution in [0.3, 0.4) is 0 Å². The molecule has 1 aliphatic rings. The number of nitrogens with zero attached hydrogens (tertiary/aromatic N) is 1. The molecular weight excluding hydrogens is 256 g/mol. The van der Waals surface area contributed by atoms with Crippen molar-refractivity contribution in [1.82, 2.24) is 5.32 Å². The summed E-state index contributed by atoms with van der Waals surface area (Å²) in [5, 5.41) is 4.42. The normalized spacial score (nSPS) is 15.0. The molecule has 3 heteroatoms. The quantitative estimate of drug-likeness (QED) is 0.810. The lowest BCUT2D eigenvalue weighted by Gasteiger charge is -2.28. The Hall–Kier alpha value is -0.730. The van der Waals surface area contributed by atoms with E-state index in [2.05, 4.69) is 43.1 Å². The molecule has 0 amide bonds. The van der Waals surface area contributed by atoms with E-state index < -0.39 is 0 Å². The number of halogens is 1. The van der Waals surface area contributed by atoms with Crippen LogP contribution in [0, 0.1) is 5.92 Å². The van der Waals surface area contributed by atoms with Crippen molar-refractivity contribution < 1.29 is 0 Å². The molecule has 1 fully saturated rings. The molecule has 2 nitrogen and oxygen atoms in total. The van der Waals surface area contributed by atoms with Crippen LogP contribution in [0.25, 0.3) is 0 Å². The molecule has 0 heterocycles. The lowest BCUT2D eigenvalue weighted by molar-refractivity contribution is 0.613. The molecule has 0 aromatic heterocycles. The summed E-state index contributed by atoms with van der Waals surface area (Å²) >= 11 is 6.18. The molecule has 1 saturated carbocycles. The first kappa shape index (κ1) is 14.7. The number of anilines is 1. The minimum absolute atomic E-state index is 0.656. The molecule has 0 bridgehead atoms. The predicted molar refractivity (Wildman–Crippen MR) is 84.0 cm³/mol.